The van der Waals surface area contributed by atoms with Gasteiger partial charge in [-0.15, -0.1) is 0 Å². The number of Topliss-reactive ketones (excluding diaryl/α,β-unsaturated/α-hetero) is 2. The molecule has 0 rings (SSSR count). The summed E-state index contributed by atoms with van der Waals surface area (Å²) >= 11 is 0. The lowest BCUT2D eigenvalue weighted by molar-refractivity contribution is -0.119. The summed E-state index contributed by atoms with van der Waals surface area (Å²) < 4.78 is 0. The van der Waals surface area contributed by atoms with E-state index in [0.717, 1.165) is 25.7 Å². The van der Waals surface area contributed by atoms with Crippen LogP contribution in [0.5, 0.6) is 0 Å². The molecule has 0 saturated heterocycles. The highest BCUT2D eigenvalue weighted by Gasteiger charge is 2.11. The highest BCUT2D eigenvalue weighted by atomic mass is 16.3. The van der Waals surface area contributed by atoms with Crippen LogP contribution in [0.25, 0.3) is 0 Å². The van der Waals surface area contributed by atoms with Crippen molar-refractivity contribution in [1.29, 1.82) is 0 Å². The van der Waals surface area contributed by atoms with Gasteiger partial charge < -0.3 is 10.0 Å². The molecule has 0 amide bonds. The Balaban J connectivity index is 3.66. The Morgan fingerprint density at radius 3 is 1.04 bits per heavy atom. The van der Waals surface area contributed by atoms with E-state index in [4.69, 9.17) is 0 Å². The van der Waals surface area contributed by atoms with Gasteiger partial charge in [0.25, 0.3) is 0 Å². The topological polar surface area (TPSA) is 57.6 Å². The fraction of sp³-hybridized carbons (Fsp3) is 0.857. The number of aliphatic hydroxyl groups excluding tert-OH is 1. The van der Waals surface area contributed by atoms with Crippen molar-refractivity contribution in [3.8, 4) is 0 Å². The average molecular weight is 646 g/mol. The van der Waals surface area contributed by atoms with Crippen molar-refractivity contribution in [3.05, 3.63) is 24.3 Å². The first kappa shape index (κ1) is 44.7. The minimum absolute atomic E-state index is 0.0743. The summed E-state index contributed by atoms with van der Waals surface area (Å²) in [5, 5.41) is 9.45. The van der Waals surface area contributed by atoms with Crippen molar-refractivity contribution in [2.45, 2.75) is 206 Å². The monoisotopic (exact) mass is 646 g/mol. The van der Waals surface area contributed by atoms with E-state index in [1.54, 1.807) is 0 Å². The van der Waals surface area contributed by atoms with Gasteiger partial charge in [-0.25, -0.2) is 0 Å². The molecule has 0 spiro atoms. The molecule has 4 nitrogen and oxygen atoms in total. The van der Waals surface area contributed by atoms with Crippen LogP contribution in [0.1, 0.15) is 206 Å². The van der Waals surface area contributed by atoms with Crippen LogP contribution in [-0.2, 0) is 9.59 Å². The summed E-state index contributed by atoms with van der Waals surface area (Å²) in [6.45, 7) is 6.47. The highest BCUT2D eigenvalue weighted by molar-refractivity contribution is 5.79. The van der Waals surface area contributed by atoms with Crippen molar-refractivity contribution < 1.29 is 14.7 Å². The van der Waals surface area contributed by atoms with Crippen molar-refractivity contribution in [1.82, 2.24) is 4.90 Å². The number of rotatable bonds is 38. The molecule has 0 aromatic rings. The van der Waals surface area contributed by atoms with Gasteiger partial charge >= 0.3 is 0 Å². The highest BCUT2D eigenvalue weighted by Crippen LogP contribution is 2.13. The maximum Gasteiger partial charge on any atom is 0.134 e. The van der Waals surface area contributed by atoms with Gasteiger partial charge in [-0.2, -0.15) is 0 Å². The quantitative estimate of drug-likeness (QED) is 0.0536. The van der Waals surface area contributed by atoms with E-state index in [-0.39, 0.29) is 6.61 Å². The lowest BCUT2D eigenvalue weighted by atomic mass is 10.0. The largest absolute Gasteiger partial charge is 0.395 e. The average Bonchev–Trinajstić information content (AvgIpc) is 3.06. The zero-order valence-electron chi connectivity index (χ0n) is 31.1. The molecule has 270 valence electrons. The Morgan fingerprint density at radius 2 is 0.717 bits per heavy atom. The standard InChI is InChI=1S/C42H79NO3/c1-3-5-7-9-11-13-15-17-19-21-23-25-27-29-31-33-41(45)35-37-43(39-40-44)38-36-42(46)34-32-30-28-26-24-22-20-18-16-14-12-10-8-6-4-2/h17-20,44H,3-16,21-40H2,1-2H3/b19-17-,20-18-. The van der Waals surface area contributed by atoms with E-state index in [0.29, 0.717) is 56.9 Å². The van der Waals surface area contributed by atoms with Gasteiger partial charge in [0.2, 0.25) is 0 Å². The molecule has 1 N–H and O–H groups in total. The van der Waals surface area contributed by atoms with Crippen LogP contribution in [0.4, 0.5) is 0 Å². The SMILES string of the molecule is CCCCCCCC/C=C\CCCCCCCC(=O)CCN(CCO)CCC(=O)CCCCCCC/C=C\CCCCCCCC. The van der Waals surface area contributed by atoms with E-state index in [9.17, 15) is 14.7 Å². The second kappa shape index (κ2) is 38.2. The minimum atomic E-state index is 0.0743. The molecule has 0 radical (unpaired) electrons. The number of carbonyl (C=O) groups is 2. The molecular weight excluding hydrogens is 566 g/mol. The molecule has 0 atom stereocenters. The maximum absolute atomic E-state index is 12.4. The molecule has 0 unspecified atom stereocenters. The van der Waals surface area contributed by atoms with Crippen LogP contribution < -0.4 is 0 Å². The van der Waals surface area contributed by atoms with E-state index in [1.807, 2.05) is 0 Å². The smallest absolute Gasteiger partial charge is 0.134 e. The predicted octanol–water partition coefficient (Wildman–Crippen LogP) is 12.3. The van der Waals surface area contributed by atoms with Crippen molar-refractivity contribution in [3.63, 3.8) is 0 Å². The molecule has 0 aliphatic heterocycles. The summed E-state index contributed by atoms with van der Waals surface area (Å²) in [7, 11) is 0. The number of aliphatic hydroxyl groups is 1. The van der Waals surface area contributed by atoms with Gasteiger partial charge in [-0.3, -0.25) is 9.59 Å². The molecule has 0 aromatic heterocycles. The van der Waals surface area contributed by atoms with Gasteiger partial charge in [-0.05, 0) is 64.2 Å². The third kappa shape index (κ3) is 35.6. The fourth-order valence-electron chi connectivity index (χ4n) is 6.08. The van der Waals surface area contributed by atoms with E-state index >= 15 is 0 Å². The lowest BCUT2D eigenvalue weighted by Crippen LogP contribution is -2.31. The van der Waals surface area contributed by atoms with Gasteiger partial charge in [0.1, 0.15) is 11.6 Å². The van der Waals surface area contributed by atoms with Crippen LogP contribution >= 0.6 is 0 Å². The molecule has 46 heavy (non-hydrogen) atoms. The van der Waals surface area contributed by atoms with Crippen LogP contribution in [-0.4, -0.2) is 47.8 Å². The molecule has 0 heterocycles. The number of allylic oxidation sites excluding steroid dienone is 4. The predicted molar refractivity (Wildman–Crippen MR) is 202 cm³/mol. The Bertz CT molecular complexity index is 645. The van der Waals surface area contributed by atoms with Gasteiger partial charge in [0.05, 0.1) is 6.61 Å². The molecule has 0 aliphatic rings. The van der Waals surface area contributed by atoms with Crippen LogP contribution in [0, 0.1) is 0 Å². The summed E-state index contributed by atoms with van der Waals surface area (Å²) in [6, 6.07) is 0. The first-order valence-corrected chi connectivity index (χ1v) is 20.3. The first-order valence-electron chi connectivity index (χ1n) is 20.3. The lowest BCUT2D eigenvalue weighted by Gasteiger charge is -2.20. The molecule has 4 heteroatoms. The second-order valence-corrected chi connectivity index (χ2v) is 13.8. The fourth-order valence-corrected chi connectivity index (χ4v) is 6.08. The Hall–Kier alpha value is -1.26. The maximum atomic E-state index is 12.4. The van der Waals surface area contributed by atoms with E-state index in [2.05, 4.69) is 43.1 Å². The zero-order chi connectivity index (χ0) is 33.6. The van der Waals surface area contributed by atoms with Crippen LogP contribution in [0.3, 0.4) is 0 Å². The van der Waals surface area contributed by atoms with Gasteiger partial charge in [0.15, 0.2) is 0 Å². The summed E-state index contributed by atoms with van der Waals surface area (Å²) in [5.74, 6) is 0.639. The Morgan fingerprint density at radius 1 is 0.413 bits per heavy atom. The summed E-state index contributed by atoms with van der Waals surface area (Å²) in [5.41, 5.74) is 0. The number of ketones is 2. The Kier molecular flexibility index (Phi) is 37.1. The third-order valence-electron chi connectivity index (χ3n) is 9.26. The van der Waals surface area contributed by atoms with Crippen LogP contribution in [0.2, 0.25) is 0 Å². The zero-order valence-corrected chi connectivity index (χ0v) is 31.1. The third-order valence-corrected chi connectivity index (χ3v) is 9.26. The number of carbonyl (C=O) groups excluding carboxylic acids is 2. The molecular formula is C42H79NO3. The van der Waals surface area contributed by atoms with Gasteiger partial charge in [-0.1, -0.05) is 141 Å². The number of nitrogens with zero attached hydrogens (tertiary/aromatic N) is 1. The number of unbranched alkanes of at least 4 members (excludes halogenated alkanes) is 22. The number of hydrogen-bond acceptors (Lipinski definition) is 4. The molecule has 0 saturated carbocycles. The van der Waals surface area contributed by atoms with E-state index in [1.165, 1.54) is 141 Å². The molecule has 0 aromatic carbocycles. The van der Waals surface area contributed by atoms with Crippen molar-refractivity contribution >= 4 is 11.6 Å². The first-order chi connectivity index (χ1) is 22.6. The van der Waals surface area contributed by atoms with Crippen LogP contribution in [0.15, 0.2) is 24.3 Å². The molecule has 0 aliphatic carbocycles. The summed E-state index contributed by atoms with van der Waals surface area (Å²) in [6.07, 6.45) is 44.8. The number of hydrogen-bond donors (Lipinski definition) is 1. The molecule has 0 bridgehead atoms. The molecule has 0 fully saturated rings. The summed E-state index contributed by atoms with van der Waals surface area (Å²) in [4.78, 5) is 26.9. The van der Waals surface area contributed by atoms with Crippen molar-refractivity contribution in [2.24, 2.45) is 0 Å². The Labute approximate surface area is 287 Å². The van der Waals surface area contributed by atoms with Gasteiger partial charge in [0, 0.05) is 45.3 Å². The normalized spacial score (nSPS) is 11.9. The second-order valence-electron chi connectivity index (χ2n) is 13.8. The van der Waals surface area contributed by atoms with E-state index < -0.39 is 0 Å². The van der Waals surface area contributed by atoms with Crippen molar-refractivity contribution in [2.75, 3.05) is 26.2 Å². The minimum Gasteiger partial charge on any atom is -0.395 e.